The number of carbonyl (C=O) groups is 1. The standard InChI is InChI=1S/C12H13NO4/c1-11(2)7-12(11,10(14)15)8-3-5-9(6-4-8)13(16)17/h3-6H,7H2,1-2H3,(H,14,15). The highest BCUT2D eigenvalue weighted by Gasteiger charge is 2.67. The van der Waals surface area contributed by atoms with Crippen LogP contribution in [0.1, 0.15) is 25.8 Å². The molecule has 1 N–H and O–H groups in total. The zero-order valence-corrected chi connectivity index (χ0v) is 9.64. The van der Waals surface area contributed by atoms with Crippen LogP contribution in [-0.4, -0.2) is 16.0 Å². The average molecular weight is 235 g/mol. The van der Waals surface area contributed by atoms with E-state index in [1.54, 1.807) is 12.1 Å². The lowest BCUT2D eigenvalue weighted by Crippen LogP contribution is -2.25. The maximum Gasteiger partial charge on any atom is 0.314 e. The van der Waals surface area contributed by atoms with Gasteiger partial charge in [-0.05, 0) is 17.4 Å². The molecular formula is C12H13NO4. The zero-order chi connectivity index (χ0) is 12.8. The van der Waals surface area contributed by atoms with Gasteiger partial charge >= 0.3 is 5.97 Å². The highest BCUT2D eigenvalue weighted by molar-refractivity contribution is 5.87. The van der Waals surface area contributed by atoms with Crippen molar-refractivity contribution in [3.05, 3.63) is 39.9 Å². The van der Waals surface area contributed by atoms with Gasteiger partial charge in [0.05, 0.1) is 10.3 Å². The van der Waals surface area contributed by atoms with Crippen molar-refractivity contribution in [1.29, 1.82) is 0 Å². The lowest BCUT2D eigenvalue weighted by atomic mass is 9.88. The number of hydrogen-bond donors (Lipinski definition) is 1. The van der Waals surface area contributed by atoms with Crippen molar-refractivity contribution in [3.8, 4) is 0 Å². The Labute approximate surface area is 98.2 Å². The first kappa shape index (κ1) is 11.6. The van der Waals surface area contributed by atoms with Gasteiger partial charge < -0.3 is 5.11 Å². The molecule has 0 aliphatic heterocycles. The Morgan fingerprint density at radius 1 is 1.35 bits per heavy atom. The number of nitrogens with zero attached hydrogens (tertiary/aromatic N) is 1. The van der Waals surface area contributed by atoms with Crippen molar-refractivity contribution in [3.63, 3.8) is 0 Å². The molecule has 5 nitrogen and oxygen atoms in total. The molecule has 1 fully saturated rings. The van der Waals surface area contributed by atoms with Crippen molar-refractivity contribution >= 4 is 11.7 Å². The molecular weight excluding hydrogens is 222 g/mol. The first-order chi connectivity index (χ1) is 7.81. The molecule has 5 heteroatoms. The first-order valence-corrected chi connectivity index (χ1v) is 5.29. The van der Waals surface area contributed by atoms with Gasteiger partial charge in [-0.15, -0.1) is 0 Å². The zero-order valence-electron chi connectivity index (χ0n) is 9.64. The molecule has 1 aromatic carbocycles. The summed E-state index contributed by atoms with van der Waals surface area (Å²) in [4.78, 5) is 21.4. The number of nitro groups is 1. The average Bonchev–Trinajstić information content (AvgIpc) is 2.83. The summed E-state index contributed by atoms with van der Waals surface area (Å²) in [6.45, 7) is 3.78. The van der Waals surface area contributed by atoms with Crippen LogP contribution in [0, 0.1) is 15.5 Å². The van der Waals surface area contributed by atoms with Gasteiger partial charge in [0.15, 0.2) is 0 Å². The molecule has 2 rings (SSSR count). The van der Waals surface area contributed by atoms with Crippen molar-refractivity contribution in [2.45, 2.75) is 25.7 Å². The Hall–Kier alpha value is -1.91. The fraction of sp³-hybridized carbons (Fsp3) is 0.417. The molecule has 1 aliphatic carbocycles. The summed E-state index contributed by atoms with van der Waals surface area (Å²) in [6.07, 6.45) is 0.563. The Morgan fingerprint density at radius 3 is 2.12 bits per heavy atom. The Morgan fingerprint density at radius 2 is 1.82 bits per heavy atom. The number of hydrogen-bond acceptors (Lipinski definition) is 3. The fourth-order valence-corrected chi connectivity index (χ4v) is 2.47. The molecule has 0 aromatic heterocycles. The van der Waals surface area contributed by atoms with Crippen molar-refractivity contribution in [2.24, 2.45) is 5.41 Å². The van der Waals surface area contributed by atoms with E-state index in [-0.39, 0.29) is 11.1 Å². The highest BCUT2D eigenvalue weighted by Crippen LogP contribution is 2.64. The van der Waals surface area contributed by atoms with Gasteiger partial charge in [0.1, 0.15) is 0 Å². The number of non-ortho nitro benzene ring substituents is 1. The minimum absolute atomic E-state index is 0.0206. The van der Waals surface area contributed by atoms with Crippen LogP contribution in [-0.2, 0) is 10.2 Å². The number of rotatable bonds is 3. The van der Waals surface area contributed by atoms with Crippen molar-refractivity contribution in [1.82, 2.24) is 0 Å². The summed E-state index contributed by atoms with van der Waals surface area (Å²) in [7, 11) is 0. The second-order valence-electron chi connectivity index (χ2n) is 5.08. The topological polar surface area (TPSA) is 80.4 Å². The molecule has 0 heterocycles. The molecule has 1 saturated carbocycles. The van der Waals surface area contributed by atoms with Crippen LogP contribution >= 0.6 is 0 Å². The third-order valence-electron chi connectivity index (χ3n) is 3.67. The number of nitro benzene ring substituents is 1. The predicted octanol–water partition coefficient (Wildman–Crippen LogP) is 2.35. The van der Waals surface area contributed by atoms with Gasteiger partial charge in [0, 0.05) is 12.1 Å². The summed E-state index contributed by atoms with van der Waals surface area (Å²) in [5.41, 5.74) is -0.565. The van der Waals surface area contributed by atoms with Crippen LogP contribution in [0.2, 0.25) is 0 Å². The van der Waals surface area contributed by atoms with Gasteiger partial charge in [0.2, 0.25) is 0 Å². The van der Waals surface area contributed by atoms with E-state index in [1.807, 2.05) is 13.8 Å². The quantitative estimate of drug-likeness (QED) is 0.644. The molecule has 17 heavy (non-hydrogen) atoms. The molecule has 0 bridgehead atoms. The second-order valence-corrected chi connectivity index (χ2v) is 5.08. The van der Waals surface area contributed by atoms with E-state index in [4.69, 9.17) is 0 Å². The van der Waals surface area contributed by atoms with E-state index in [1.165, 1.54) is 12.1 Å². The van der Waals surface area contributed by atoms with Gasteiger partial charge in [-0.2, -0.15) is 0 Å². The molecule has 1 aliphatic rings. The summed E-state index contributed by atoms with van der Waals surface area (Å²) in [5.74, 6) is -0.864. The third-order valence-corrected chi connectivity index (χ3v) is 3.67. The Balaban J connectivity index is 2.41. The SMILES string of the molecule is CC1(C)CC1(C(=O)O)c1ccc([N+](=O)[O-])cc1. The Bertz CT molecular complexity index is 492. The maximum atomic E-state index is 11.4. The fourth-order valence-electron chi connectivity index (χ4n) is 2.47. The van der Waals surface area contributed by atoms with Crippen LogP contribution in [0.5, 0.6) is 0 Å². The van der Waals surface area contributed by atoms with Crippen molar-refractivity contribution in [2.75, 3.05) is 0 Å². The minimum atomic E-state index is -0.887. The van der Waals surface area contributed by atoms with E-state index in [0.29, 0.717) is 12.0 Å². The lowest BCUT2D eigenvalue weighted by molar-refractivity contribution is -0.384. The van der Waals surface area contributed by atoms with Gasteiger partial charge in [0.25, 0.3) is 5.69 Å². The largest absolute Gasteiger partial charge is 0.481 e. The van der Waals surface area contributed by atoms with E-state index in [9.17, 15) is 20.0 Å². The van der Waals surface area contributed by atoms with Crippen LogP contribution in [0.25, 0.3) is 0 Å². The minimum Gasteiger partial charge on any atom is -0.481 e. The van der Waals surface area contributed by atoms with E-state index >= 15 is 0 Å². The van der Waals surface area contributed by atoms with Crippen LogP contribution in [0.15, 0.2) is 24.3 Å². The normalized spacial score (nSPS) is 25.3. The number of aliphatic carboxylic acids is 1. The second kappa shape index (κ2) is 3.29. The Kier molecular flexibility index (Phi) is 2.24. The summed E-state index contributed by atoms with van der Waals surface area (Å²) >= 11 is 0. The van der Waals surface area contributed by atoms with E-state index in [2.05, 4.69) is 0 Å². The third kappa shape index (κ3) is 1.50. The van der Waals surface area contributed by atoms with Gasteiger partial charge in [-0.3, -0.25) is 14.9 Å². The lowest BCUT2D eigenvalue weighted by Gasteiger charge is -2.15. The summed E-state index contributed by atoms with van der Waals surface area (Å²) in [5, 5.41) is 19.9. The smallest absolute Gasteiger partial charge is 0.314 e. The number of carboxylic acid groups (broad SMARTS) is 1. The molecule has 1 aromatic rings. The predicted molar refractivity (Wildman–Crippen MR) is 60.8 cm³/mol. The molecule has 1 atom stereocenters. The van der Waals surface area contributed by atoms with E-state index in [0.717, 1.165) is 0 Å². The molecule has 0 spiro atoms. The number of carboxylic acids is 1. The summed E-state index contributed by atoms with van der Waals surface area (Å²) in [6, 6.07) is 5.80. The highest BCUT2D eigenvalue weighted by atomic mass is 16.6. The molecule has 90 valence electrons. The van der Waals surface area contributed by atoms with Crippen LogP contribution in [0.4, 0.5) is 5.69 Å². The summed E-state index contributed by atoms with van der Waals surface area (Å²) < 4.78 is 0. The van der Waals surface area contributed by atoms with Gasteiger partial charge in [-0.1, -0.05) is 26.0 Å². The van der Waals surface area contributed by atoms with E-state index < -0.39 is 16.3 Å². The molecule has 0 radical (unpaired) electrons. The molecule has 0 saturated heterocycles. The van der Waals surface area contributed by atoms with Crippen LogP contribution in [0.3, 0.4) is 0 Å². The first-order valence-electron chi connectivity index (χ1n) is 5.29. The maximum absolute atomic E-state index is 11.4. The number of benzene rings is 1. The molecule has 1 unspecified atom stereocenters. The van der Waals surface area contributed by atoms with Crippen molar-refractivity contribution < 1.29 is 14.8 Å². The van der Waals surface area contributed by atoms with Gasteiger partial charge in [-0.25, -0.2) is 0 Å². The monoisotopic (exact) mass is 235 g/mol. The van der Waals surface area contributed by atoms with Crippen LogP contribution < -0.4 is 0 Å². The molecule has 0 amide bonds.